The summed E-state index contributed by atoms with van der Waals surface area (Å²) in [6.07, 6.45) is 3.70. The third kappa shape index (κ3) is 3.83. The van der Waals surface area contributed by atoms with Gasteiger partial charge in [0.2, 0.25) is 5.91 Å². The van der Waals surface area contributed by atoms with Gasteiger partial charge in [-0.3, -0.25) is 4.79 Å². The van der Waals surface area contributed by atoms with Crippen molar-refractivity contribution in [1.82, 2.24) is 5.32 Å². The van der Waals surface area contributed by atoms with Gasteiger partial charge < -0.3 is 20.4 Å². The molecule has 0 spiro atoms. The minimum absolute atomic E-state index is 0.115. The van der Waals surface area contributed by atoms with E-state index in [2.05, 4.69) is 39.9 Å². The van der Waals surface area contributed by atoms with E-state index in [1.807, 2.05) is 30.3 Å². The molecular formula is C24H37BN2O3. The Bertz CT molecular complexity index is 771. The number of hydrogen-bond donors (Lipinski definition) is 2. The van der Waals surface area contributed by atoms with E-state index < -0.39 is 13.2 Å². The largest absolute Gasteiger partial charge is 0.481 e. The summed E-state index contributed by atoms with van der Waals surface area (Å²) in [5.41, 5.74) is 7.34. The Morgan fingerprint density at radius 1 is 1.23 bits per heavy atom. The number of carbonyl (C=O) groups excluding carboxylic acids is 1. The highest BCUT2D eigenvalue weighted by molar-refractivity contribution is 6.47. The maximum atomic E-state index is 12.9. The third-order valence-corrected chi connectivity index (χ3v) is 7.99. The molecule has 3 N–H and O–H groups in total. The van der Waals surface area contributed by atoms with Crippen LogP contribution in [0.25, 0.3) is 0 Å². The van der Waals surface area contributed by atoms with Crippen LogP contribution in [-0.4, -0.2) is 36.7 Å². The van der Waals surface area contributed by atoms with Crippen molar-refractivity contribution in [2.45, 2.75) is 84.0 Å². The zero-order chi connectivity index (χ0) is 21.7. The molecular weight excluding hydrogens is 375 g/mol. The van der Waals surface area contributed by atoms with Crippen molar-refractivity contribution in [2.75, 3.05) is 0 Å². The first kappa shape index (κ1) is 21.9. The lowest BCUT2D eigenvalue weighted by molar-refractivity contribution is -0.199. The van der Waals surface area contributed by atoms with Gasteiger partial charge in [-0.1, -0.05) is 58.0 Å². The summed E-state index contributed by atoms with van der Waals surface area (Å²) in [6.45, 7) is 11.3. The highest BCUT2D eigenvalue weighted by Gasteiger charge is 2.68. The van der Waals surface area contributed by atoms with E-state index in [4.69, 9.17) is 15.0 Å². The van der Waals surface area contributed by atoms with Gasteiger partial charge in [0.05, 0.1) is 23.7 Å². The first-order chi connectivity index (χ1) is 14.1. The van der Waals surface area contributed by atoms with Crippen molar-refractivity contribution in [3.05, 3.63) is 35.9 Å². The summed E-state index contributed by atoms with van der Waals surface area (Å²) in [7, 11) is -0.412. The molecule has 1 saturated heterocycles. The summed E-state index contributed by atoms with van der Waals surface area (Å²) in [5.74, 6) is 1.30. The fourth-order valence-electron chi connectivity index (χ4n) is 6.07. The van der Waals surface area contributed by atoms with Gasteiger partial charge in [0, 0.05) is 0 Å². The number of nitrogens with two attached hydrogens (primary N) is 1. The van der Waals surface area contributed by atoms with Crippen molar-refractivity contribution < 1.29 is 14.1 Å². The van der Waals surface area contributed by atoms with Gasteiger partial charge in [-0.2, -0.15) is 0 Å². The van der Waals surface area contributed by atoms with Crippen molar-refractivity contribution in [2.24, 2.45) is 28.9 Å². The average Bonchev–Trinajstić information content (AvgIpc) is 3.04. The molecule has 2 bridgehead atoms. The summed E-state index contributed by atoms with van der Waals surface area (Å²) in [5, 5.41) is 3.17. The summed E-state index contributed by atoms with van der Waals surface area (Å²) in [4.78, 5) is 12.9. The summed E-state index contributed by atoms with van der Waals surface area (Å²) in [6, 6.07) is 9.32. The Labute approximate surface area is 181 Å². The van der Waals surface area contributed by atoms with Crippen LogP contribution in [0.5, 0.6) is 0 Å². The van der Waals surface area contributed by atoms with Gasteiger partial charge in [-0.05, 0) is 61.3 Å². The first-order valence-corrected chi connectivity index (χ1v) is 11.5. The van der Waals surface area contributed by atoms with E-state index in [1.165, 1.54) is 6.42 Å². The number of hydrogen-bond acceptors (Lipinski definition) is 4. The molecule has 6 heteroatoms. The first-order valence-electron chi connectivity index (χ1n) is 11.5. The molecule has 30 heavy (non-hydrogen) atoms. The quantitative estimate of drug-likeness (QED) is 0.674. The Balaban J connectivity index is 1.44. The lowest BCUT2D eigenvalue weighted by atomic mass is 9.43. The molecule has 1 heterocycles. The minimum Gasteiger partial charge on any atom is -0.404 e. The lowest BCUT2D eigenvalue weighted by Crippen LogP contribution is -2.65. The SMILES string of the molecule is CC(C)C[C@H](NC(=O)[C@@H](N)Cc1ccccc1)B1O[C@H]2C[C@@H]3C[C@@H](C3(C)C)[C@]2(C)O1. The molecule has 3 aliphatic carbocycles. The molecule has 164 valence electrons. The number of carbonyl (C=O) groups is 1. The summed E-state index contributed by atoms with van der Waals surface area (Å²) >= 11 is 0. The van der Waals surface area contributed by atoms with Crippen LogP contribution in [0.3, 0.4) is 0 Å². The Kier molecular flexibility index (Phi) is 5.80. The van der Waals surface area contributed by atoms with Gasteiger partial charge >= 0.3 is 7.12 Å². The van der Waals surface area contributed by atoms with Gasteiger partial charge in [-0.25, -0.2) is 0 Å². The van der Waals surface area contributed by atoms with Crippen molar-refractivity contribution in [3.8, 4) is 0 Å². The molecule has 0 aromatic heterocycles. The zero-order valence-electron chi connectivity index (χ0n) is 19.1. The van der Waals surface area contributed by atoms with Crippen molar-refractivity contribution in [1.29, 1.82) is 0 Å². The molecule has 4 aliphatic rings. The monoisotopic (exact) mass is 412 g/mol. The van der Waals surface area contributed by atoms with Gasteiger partial charge in [0.1, 0.15) is 0 Å². The van der Waals surface area contributed by atoms with Crippen molar-refractivity contribution >= 4 is 13.0 Å². The smallest absolute Gasteiger partial charge is 0.404 e. The minimum atomic E-state index is -0.590. The Morgan fingerprint density at radius 3 is 2.57 bits per heavy atom. The molecule has 5 rings (SSSR count). The molecule has 1 aromatic rings. The number of nitrogens with one attached hydrogen (secondary N) is 1. The highest BCUT2D eigenvalue weighted by Crippen LogP contribution is 2.65. The van der Waals surface area contributed by atoms with Crippen LogP contribution < -0.4 is 11.1 Å². The van der Waals surface area contributed by atoms with Gasteiger partial charge in [0.15, 0.2) is 0 Å². The maximum Gasteiger partial charge on any atom is 0.481 e. The molecule has 0 radical (unpaired) electrons. The van der Waals surface area contributed by atoms with Crippen LogP contribution in [0.4, 0.5) is 0 Å². The number of benzene rings is 1. The van der Waals surface area contributed by atoms with Gasteiger partial charge in [-0.15, -0.1) is 0 Å². The standard InChI is InChI=1S/C24H37BN2O3/c1-15(2)11-21(27-22(28)18(26)12-16-9-7-6-8-10-16)25-29-20-14-17-13-19(23(17,3)4)24(20,5)30-25/h6-10,15,17-21H,11-14,26H2,1-5H3,(H,27,28)/t17-,18-,19-,20-,21-,24-/m0/s1. The van der Waals surface area contributed by atoms with Crippen LogP contribution in [0.1, 0.15) is 59.4 Å². The highest BCUT2D eigenvalue weighted by atomic mass is 16.7. The summed E-state index contributed by atoms with van der Waals surface area (Å²) < 4.78 is 13.1. The predicted octanol–water partition coefficient (Wildman–Crippen LogP) is 3.35. The molecule has 1 aliphatic heterocycles. The zero-order valence-corrected chi connectivity index (χ0v) is 19.1. The number of amides is 1. The second-order valence-corrected chi connectivity index (χ2v) is 10.9. The molecule has 3 saturated carbocycles. The van der Waals surface area contributed by atoms with E-state index in [-0.39, 0.29) is 23.6 Å². The van der Waals surface area contributed by atoms with Crippen LogP contribution in [0.15, 0.2) is 30.3 Å². The average molecular weight is 412 g/mol. The molecule has 1 aromatic carbocycles. The topological polar surface area (TPSA) is 73.6 Å². The van der Waals surface area contributed by atoms with E-state index in [1.54, 1.807) is 0 Å². The molecule has 5 nitrogen and oxygen atoms in total. The molecule has 1 amide bonds. The fraction of sp³-hybridized carbons (Fsp3) is 0.708. The van der Waals surface area contributed by atoms with E-state index >= 15 is 0 Å². The van der Waals surface area contributed by atoms with Crippen LogP contribution in [0.2, 0.25) is 0 Å². The second kappa shape index (κ2) is 7.96. The van der Waals surface area contributed by atoms with Gasteiger partial charge in [0.25, 0.3) is 0 Å². The van der Waals surface area contributed by atoms with Crippen molar-refractivity contribution in [3.63, 3.8) is 0 Å². The number of rotatable bonds is 7. The Hall–Kier alpha value is -1.37. The molecule has 0 unspecified atom stereocenters. The molecule has 4 fully saturated rings. The fourth-order valence-corrected chi connectivity index (χ4v) is 6.07. The normalized spacial score (nSPS) is 33.6. The predicted molar refractivity (Wildman–Crippen MR) is 120 cm³/mol. The maximum absolute atomic E-state index is 12.9. The molecule has 6 atom stereocenters. The van der Waals surface area contributed by atoms with Crippen LogP contribution >= 0.6 is 0 Å². The van der Waals surface area contributed by atoms with Crippen LogP contribution in [-0.2, 0) is 20.5 Å². The second-order valence-electron chi connectivity index (χ2n) is 10.9. The lowest BCUT2D eigenvalue weighted by Gasteiger charge is -2.64. The van der Waals surface area contributed by atoms with E-state index in [9.17, 15) is 4.79 Å². The third-order valence-electron chi connectivity index (χ3n) is 7.99. The van der Waals surface area contributed by atoms with E-state index in [0.717, 1.165) is 18.4 Å². The van der Waals surface area contributed by atoms with E-state index in [0.29, 0.717) is 29.6 Å². The van der Waals surface area contributed by atoms with Crippen LogP contribution in [0, 0.1) is 23.2 Å². The Morgan fingerprint density at radius 2 is 1.93 bits per heavy atom.